The Morgan fingerprint density at radius 1 is 1.30 bits per heavy atom. The van der Waals surface area contributed by atoms with E-state index in [-0.39, 0.29) is 0 Å². The van der Waals surface area contributed by atoms with Gasteiger partial charge in [0.2, 0.25) is 0 Å². The molecule has 0 fully saturated rings. The Morgan fingerprint density at radius 2 is 2.10 bits per heavy atom. The van der Waals surface area contributed by atoms with E-state index in [1.165, 1.54) is 17.5 Å². The number of halogens is 1. The molecule has 2 aromatic rings. The van der Waals surface area contributed by atoms with Crippen LogP contribution in [0.2, 0.25) is 5.02 Å². The van der Waals surface area contributed by atoms with Gasteiger partial charge in [-0.15, -0.1) is 11.3 Å². The van der Waals surface area contributed by atoms with Gasteiger partial charge in [-0.25, -0.2) is 0 Å². The van der Waals surface area contributed by atoms with E-state index in [0.29, 0.717) is 12.0 Å². The molecule has 20 heavy (non-hydrogen) atoms. The Bertz CT molecular complexity index is 590. The lowest BCUT2D eigenvalue weighted by Gasteiger charge is -2.38. The second-order valence-corrected chi connectivity index (χ2v) is 7.21. The fourth-order valence-corrected chi connectivity index (χ4v) is 4.31. The highest BCUT2D eigenvalue weighted by Gasteiger charge is 2.30. The van der Waals surface area contributed by atoms with Crippen molar-refractivity contribution in [3.63, 3.8) is 0 Å². The monoisotopic (exact) mass is 305 g/mol. The van der Waals surface area contributed by atoms with Gasteiger partial charge in [-0.05, 0) is 41.0 Å². The van der Waals surface area contributed by atoms with Gasteiger partial charge in [0, 0.05) is 29.0 Å². The molecule has 1 aliphatic heterocycles. The topological polar surface area (TPSA) is 3.24 Å². The molecule has 0 bridgehead atoms. The third-order valence-corrected chi connectivity index (χ3v) is 5.45. The summed E-state index contributed by atoms with van der Waals surface area (Å²) < 4.78 is 0. The lowest BCUT2D eigenvalue weighted by Crippen LogP contribution is -2.37. The fraction of sp³-hybridized carbons (Fsp3) is 0.412. The highest BCUT2D eigenvalue weighted by molar-refractivity contribution is 7.10. The molecular formula is C17H20ClNS. The van der Waals surface area contributed by atoms with Gasteiger partial charge in [-0.3, -0.25) is 4.90 Å². The first-order valence-electron chi connectivity index (χ1n) is 7.20. The summed E-state index contributed by atoms with van der Waals surface area (Å²) in [6.07, 6.45) is 1.17. The van der Waals surface area contributed by atoms with Crippen LogP contribution in [0.3, 0.4) is 0 Å². The quantitative estimate of drug-likeness (QED) is 0.757. The summed E-state index contributed by atoms with van der Waals surface area (Å²) in [6, 6.07) is 11.0. The minimum atomic E-state index is 0.515. The zero-order valence-electron chi connectivity index (χ0n) is 12.0. The normalized spacial score (nSPS) is 19.3. The third kappa shape index (κ3) is 2.65. The Morgan fingerprint density at radius 3 is 2.85 bits per heavy atom. The van der Waals surface area contributed by atoms with Gasteiger partial charge < -0.3 is 0 Å². The average molecular weight is 306 g/mol. The second kappa shape index (κ2) is 5.88. The third-order valence-electron chi connectivity index (χ3n) is 4.08. The Kier molecular flexibility index (Phi) is 4.16. The molecule has 1 nitrogen and oxygen atoms in total. The smallest absolute Gasteiger partial charge is 0.0451 e. The van der Waals surface area contributed by atoms with Crippen molar-refractivity contribution in [1.29, 1.82) is 0 Å². The molecular weight excluding hydrogens is 286 g/mol. The minimum Gasteiger partial charge on any atom is -0.291 e. The number of thiophene rings is 1. The molecule has 0 saturated heterocycles. The zero-order valence-corrected chi connectivity index (χ0v) is 13.5. The predicted molar refractivity (Wildman–Crippen MR) is 87.5 cm³/mol. The van der Waals surface area contributed by atoms with E-state index in [1.54, 1.807) is 4.88 Å². The van der Waals surface area contributed by atoms with Crippen molar-refractivity contribution in [3.8, 4) is 0 Å². The van der Waals surface area contributed by atoms with Crippen molar-refractivity contribution in [2.24, 2.45) is 5.92 Å². The standard InChI is InChI=1S/C17H20ClNS/c1-12(2)17-14-8-10-20-16(14)7-9-19(17)11-13-5-3-4-6-15(13)18/h3-6,8,10,12,17H,7,9,11H2,1-2H3. The molecule has 0 amide bonds. The van der Waals surface area contributed by atoms with Gasteiger partial charge in [0.15, 0.2) is 0 Å². The van der Waals surface area contributed by atoms with Gasteiger partial charge in [0.1, 0.15) is 0 Å². The van der Waals surface area contributed by atoms with Crippen molar-refractivity contribution in [2.75, 3.05) is 6.54 Å². The van der Waals surface area contributed by atoms with Crippen LogP contribution < -0.4 is 0 Å². The van der Waals surface area contributed by atoms with E-state index in [9.17, 15) is 0 Å². The number of benzene rings is 1. The van der Waals surface area contributed by atoms with Crippen molar-refractivity contribution < 1.29 is 0 Å². The molecule has 0 radical (unpaired) electrons. The molecule has 106 valence electrons. The van der Waals surface area contributed by atoms with Crippen molar-refractivity contribution in [3.05, 3.63) is 56.7 Å². The molecule has 3 rings (SSSR count). The number of hydrogen-bond donors (Lipinski definition) is 0. The van der Waals surface area contributed by atoms with E-state index >= 15 is 0 Å². The van der Waals surface area contributed by atoms with Crippen molar-refractivity contribution in [2.45, 2.75) is 32.9 Å². The van der Waals surface area contributed by atoms with Crippen molar-refractivity contribution >= 4 is 22.9 Å². The van der Waals surface area contributed by atoms with Gasteiger partial charge >= 0.3 is 0 Å². The van der Waals surface area contributed by atoms with Gasteiger partial charge in [0.05, 0.1) is 0 Å². The van der Waals surface area contributed by atoms with Crippen molar-refractivity contribution in [1.82, 2.24) is 4.90 Å². The number of hydrogen-bond acceptors (Lipinski definition) is 2. The van der Waals surface area contributed by atoms with Crippen LogP contribution in [0.15, 0.2) is 35.7 Å². The van der Waals surface area contributed by atoms with Crippen LogP contribution in [-0.4, -0.2) is 11.4 Å². The lowest BCUT2D eigenvalue weighted by atomic mass is 9.90. The van der Waals surface area contributed by atoms with Crippen LogP contribution in [0.1, 0.15) is 35.9 Å². The highest BCUT2D eigenvalue weighted by Crippen LogP contribution is 2.38. The molecule has 0 N–H and O–H groups in total. The summed E-state index contributed by atoms with van der Waals surface area (Å²) in [6.45, 7) is 6.70. The van der Waals surface area contributed by atoms with Crippen LogP contribution in [0.25, 0.3) is 0 Å². The van der Waals surface area contributed by atoms with Gasteiger partial charge in [-0.2, -0.15) is 0 Å². The maximum atomic E-state index is 6.33. The molecule has 0 saturated carbocycles. The van der Waals surface area contributed by atoms with Crippen LogP contribution in [0.4, 0.5) is 0 Å². The number of fused-ring (bicyclic) bond motifs is 1. The van der Waals surface area contributed by atoms with Gasteiger partial charge in [0.25, 0.3) is 0 Å². The Hall–Kier alpha value is -0.830. The molecule has 1 aromatic heterocycles. The average Bonchev–Trinajstić information content (AvgIpc) is 2.88. The number of rotatable bonds is 3. The molecule has 2 heterocycles. The van der Waals surface area contributed by atoms with Crippen LogP contribution in [0.5, 0.6) is 0 Å². The first-order chi connectivity index (χ1) is 9.66. The minimum absolute atomic E-state index is 0.515. The van der Waals surface area contributed by atoms with E-state index in [4.69, 9.17) is 11.6 Å². The lowest BCUT2D eigenvalue weighted by molar-refractivity contribution is 0.137. The first kappa shape index (κ1) is 14.1. The fourth-order valence-electron chi connectivity index (χ4n) is 3.20. The summed E-state index contributed by atoms with van der Waals surface area (Å²) in [5.41, 5.74) is 2.77. The predicted octanol–water partition coefficient (Wildman–Crippen LogP) is 5.16. The largest absolute Gasteiger partial charge is 0.291 e. The molecule has 0 aliphatic carbocycles. The molecule has 3 heteroatoms. The van der Waals surface area contributed by atoms with Crippen LogP contribution in [-0.2, 0) is 13.0 Å². The van der Waals surface area contributed by atoms with Crippen LogP contribution in [0, 0.1) is 5.92 Å². The summed E-state index contributed by atoms with van der Waals surface area (Å²) in [5, 5.41) is 3.12. The van der Waals surface area contributed by atoms with Crippen LogP contribution >= 0.6 is 22.9 Å². The first-order valence-corrected chi connectivity index (χ1v) is 8.46. The molecule has 0 spiro atoms. The molecule has 1 unspecified atom stereocenters. The van der Waals surface area contributed by atoms with E-state index in [1.807, 2.05) is 23.5 Å². The number of nitrogens with zero attached hydrogens (tertiary/aromatic N) is 1. The van der Waals surface area contributed by atoms with E-state index in [2.05, 4.69) is 42.3 Å². The molecule has 1 aromatic carbocycles. The van der Waals surface area contributed by atoms with Gasteiger partial charge in [-0.1, -0.05) is 43.6 Å². The van der Waals surface area contributed by atoms with E-state index < -0.39 is 0 Å². The summed E-state index contributed by atoms with van der Waals surface area (Å²) in [4.78, 5) is 4.15. The Balaban J connectivity index is 1.88. The summed E-state index contributed by atoms with van der Waals surface area (Å²) in [5.74, 6) is 0.617. The zero-order chi connectivity index (χ0) is 14.1. The Labute approximate surface area is 130 Å². The summed E-state index contributed by atoms with van der Waals surface area (Å²) in [7, 11) is 0. The molecule has 1 aliphatic rings. The maximum absolute atomic E-state index is 6.33. The van der Waals surface area contributed by atoms with E-state index in [0.717, 1.165) is 18.1 Å². The molecule has 1 atom stereocenters. The SMILES string of the molecule is CC(C)C1c2ccsc2CCN1Cc1ccccc1Cl. The second-order valence-electron chi connectivity index (χ2n) is 5.80. The highest BCUT2D eigenvalue weighted by atomic mass is 35.5. The summed E-state index contributed by atoms with van der Waals surface area (Å²) >= 11 is 8.23. The maximum Gasteiger partial charge on any atom is 0.0451 e.